The third-order valence-corrected chi connectivity index (χ3v) is 3.98. The zero-order valence-corrected chi connectivity index (χ0v) is 11.3. The molecule has 0 fully saturated rings. The van der Waals surface area contributed by atoms with Crippen molar-refractivity contribution >= 4 is 20.2 Å². The Morgan fingerprint density at radius 3 is 0.783 bits per heavy atom. The third-order valence-electron chi connectivity index (χ3n) is 2.17. The number of hydrogen-bond acceptors (Lipinski definition) is 4. The molecule has 2 N–H and O–H groups in total. The van der Waals surface area contributed by atoms with Crippen molar-refractivity contribution in [1.82, 2.24) is 0 Å². The molecule has 140 valence electrons. The highest BCUT2D eigenvalue weighted by Gasteiger charge is 2.91. The van der Waals surface area contributed by atoms with Crippen LogP contribution in [0.15, 0.2) is 0 Å². The monoisotopic (exact) mass is 412 g/mol. The van der Waals surface area contributed by atoms with Gasteiger partial charge in [0.15, 0.2) is 0 Å². The third kappa shape index (κ3) is 2.74. The van der Waals surface area contributed by atoms with Crippen molar-refractivity contribution in [3.63, 3.8) is 0 Å². The second-order valence-corrected chi connectivity index (χ2v) is 6.63. The second kappa shape index (κ2) is 5.06. The zero-order valence-electron chi connectivity index (χ0n) is 9.62. The smallest absolute Gasteiger partial charge is 0.281 e. The Morgan fingerprint density at radius 2 is 0.652 bits per heavy atom. The standard InChI is InChI=1S/C5H2F10O6S2/c6-1(7,2(8,9)4(12,13)22(16,17)18)3(10,11)5(14,15)23(19,20)21/h(H,16,17,18)(H,19,20,21). The Balaban J connectivity index is 6.60. The molecule has 0 aliphatic carbocycles. The molecule has 0 atom stereocenters. The van der Waals surface area contributed by atoms with Crippen LogP contribution in [0.1, 0.15) is 0 Å². The van der Waals surface area contributed by atoms with Gasteiger partial charge in [-0.05, 0) is 0 Å². The molecule has 0 spiro atoms. The quantitative estimate of drug-likeness (QED) is 0.509. The topological polar surface area (TPSA) is 109 Å². The normalized spacial score (nSPS) is 16.5. The molecule has 0 aliphatic rings. The van der Waals surface area contributed by atoms with Crippen molar-refractivity contribution in [3.8, 4) is 0 Å². The van der Waals surface area contributed by atoms with E-state index in [4.69, 9.17) is 9.11 Å². The van der Waals surface area contributed by atoms with Gasteiger partial charge in [0.1, 0.15) is 0 Å². The molecule has 0 unspecified atom stereocenters. The van der Waals surface area contributed by atoms with Crippen LogP contribution in [0.4, 0.5) is 43.9 Å². The molecule has 0 rings (SSSR count). The van der Waals surface area contributed by atoms with E-state index in [1.54, 1.807) is 0 Å². The van der Waals surface area contributed by atoms with E-state index in [0.29, 0.717) is 0 Å². The molecule has 0 saturated heterocycles. The molecular weight excluding hydrogens is 410 g/mol. The molecule has 6 nitrogen and oxygen atoms in total. The molecule has 23 heavy (non-hydrogen) atoms. The van der Waals surface area contributed by atoms with Gasteiger partial charge in [0.25, 0.3) is 0 Å². The van der Waals surface area contributed by atoms with Crippen LogP contribution < -0.4 is 0 Å². The fraction of sp³-hybridized carbons (Fsp3) is 1.00. The molecule has 0 bridgehead atoms. The maximum atomic E-state index is 12.8. The van der Waals surface area contributed by atoms with E-state index in [1.807, 2.05) is 0 Å². The van der Waals surface area contributed by atoms with Gasteiger partial charge in [-0.3, -0.25) is 9.11 Å². The van der Waals surface area contributed by atoms with Gasteiger partial charge in [-0.25, -0.2) is 0 Å². The number of alkyl halides is 10. The number of halogens is 10. The summed E-state index contributed by atoms with van der Waals surface area (Å²) in [5.41, 5.74) is 0. The molecule has 0 saturated carbocycles. The summed E-state index contributed by atoms with van der Waals surface area (Å²) in [6.45, 7) is 0. The average molecular weight is 412 g/mol. The number of hydrogen-bond donors (Lipinski definition) is 2. The fourth-order valence-electron chi connectivity index (χ4n) is 0.887. The van der Waals surface area contributed by atoms with Crippen molar-refractivity contribution in [3.05, 3.63) is 0 Å². The van der Waals surface area contributed by atoms with Gasteiger partial charge in [-0.2, -0.15) is 60.7 Å². The van der Waals surface area contributed by atoms with Crippen LogP contribution in [0, 0.1) is 0 Å². The predicted octanol–water partition coefficient (Wildman–Crippen LogP) is 1.85. The van der Waals surface area contributed by atoms with E-state index in [9.17, 15) is 60.7 Å². The fourth-order valence-corrected chi connectivity index (χ4v) is 1.79. The Hall–Kier alpha value is -0.880. The second-order valence-electron chi connectivity index (χ2n) is 3.71. The molecular formula is C5H2F10O6S2. The molecule has 0 aromatic heterocycles. The highest BCUT2D eigenvalue weighted by molar-refractivity contribution is 7.87. The van der Waals surface area contributed by atoms with Gasteiger partial charge < -0.3 is 0 Å². The lowest BCUT2D eigenvalue weighted by Crippen LogP contribution is -2.69. The summed E-state index contributed by atoms with van der Waals surface area (Å²) in [5.74, 6) is -23.9. The molecule has 18 heteroatoms. The van der Waals surface area contributed by atoms with E-state index in [2.05, 4.69) is 0 Å². The van der Waals surface area contributed by atoms with Gasteiger partial charge in [0, 0.05) is 0 Å². The van der Waals surface area contributed by atoms with E-state index in [-0.39, 0.29) is 0 Å². The summed E-state index contributed by atoms with van der Waals surface area (Å²) in [5, 5.41) is -14.9. The molecule has 0 radical (unpaired) electrons. The van der Waals surface area contributed by atoms with Crippen molar-refractivity contribution in [2.24, 2.45) is 0 Å². The first kappa shape index (κ1) is 22.1. The molecule has 0 aromatic carbocycles. The first-order chi connectivity index (χ1) is 9.50. The van der Waals surface area contributed by atoms with Crippen LogP contribution in [-0.4, -0.2) is 54.2 Å². The average Bonchev–Trinajstić information content (AvgIpc) is 2.24. The van der Waals surface area contributed by atoms with Crippen molar-refractivity contribution < 1.29 is 69.8 Å². The summed E-state index contributed by atoms with van der Waals surface area (Å²) in [7, 11) is -15.1. The number of rotatable bonds is 6. The minimum Gasteiger partial charge on any atom is -0.281 e. The lowest BCUT2D eigenvalue weighted by molar-refractivity contribution is -0.376. The Kier molecular flexibility index (Phi) is 4.86. The lowest BCUT2D eigenvalue weighted by Gasteiger charge is -2.37. The maximum Gasteiger partial charge on any atom is 0.438 e. The first-order valence-electron chi connectivity index (χ1n) is 4.33. The van der Waals surface area contributed by atoms with Gasteiger partial charge in [-0.15, -0.1) is 0 Å². The Bertz CT molecular complexity index is 621. The minimum absolute atomic E-state index is 7.43. The van der Waals surface area contributed by atoms with Crippen molar-refractivity contribution in [2.45, 2.75) is 28.3 Å². The van der Waals surface area contributed by atoms with E-state index in [1.165, 1.54) is 0 Å². The van der Waals surface area contributed by atoms with Crippen LogP contribution in [-0.2, 0) is 20.2 Å². The van der Waals surface area contributed by atoms with E-state index in [0.717, 1.165) is 0 Å². The van der Waals surface area contributed by atoms with E-state index < -0.39 is 48.5 Å². The van der Waals surface area contributed by atoms with Gasteiger partial charge in [-0.1, -0.05) is 0 Å². The molecule has 0 aromatic rings. The predicted molar refractivity (Wildman–Crippen MR) is 47.8 cm³/mol. The summed E-state index contributed by atoms with van der Waals surface area (Å²) in [6.07, 6.45) is 0. The minimum atomic E-state index is -8.07. The van der Waals surface area contributed by atoms with Crippen molar-refractivity contribution in [1.29, 1.82) is 0 Å². The van der Waals surface area contributed by atoms with E-state index >= 15 is 0 Å². The first-order valence-corrected chi connectivity index (χ1v) is 7.21. The summed E-state index contributed by atoms with van der Waals surface area (Å²) in [6, 6.07) is 0. The highest BCUT2D eigenvalue weighted by Crippen LogP contribution is 2.58. The van der Waals surface area contributed by atoms with Crippen LogP contribution >= 0.6 is 0 Å². The summed E-state index contributed by atoms with van der Waals surface area (Å²) < 4.78 is 182. The van der Waals surface area contributed by atoms with Gasteiger partial charge in [0.2, 0.25) is 0 Å². The molecule has 0 amide bonds. The summed E-state index contributed by atoms with van der Waals surface area (Å²) in [4.78, 5) is 0. The lowest BCUT2D eigenvalue weighted by atomic mass is 10.0. The Morgan fingerprint density at radius 1 is 0.478 bits per heavy atom. The van der Waals surface area contributed by atoms with Crippen LogP contribution in [0.25, 0.3) is 0 Å². The van der Waals surface area contributed by atoms with Crippen LogP contribution in [0.3, 0.4) is 0 Å². The zero-order chi connectivity index (χ0) is 19.5. The molecule has 0 heterocycles. The SMILES string of the molecule is O=S(=O)(O)C(F)(F)C(F)(F)C(F)(F)C(F)(F)C(F)(F)S(=O)(=O)O. The largest absolute Gasteiger partial charge is 0.438 e. The van der Waals surface area contributed by atoms with Gasteiger partial charge in [0.05, 0.1) is 0 Å². The molecule has 0 aliphatic heterocycles. The highest BCUT2D eigenvalue weighted by atomic mass is 32.2. The van der Waals surface area contributed by atoms with Gasteiger partial charge >= 0.3 is 48.5 Å². The summed E-state index contributed by atoms with van der Waals surface area (Å²) >= 11 is 0. The Labute approximate surface area is 119 Å². The van der Waals surface area contributed by atoms with Crippen LogP contribution in [0.2, 0.25) is 0 Å². The van der Waals surface area contributed by atoms with Crippen LogP contribution in [0.5, 0.6) is 0 Å². The van der Waals surface area contributed by atoms with Crippen molar-refractivity contribution in [2.75, 3.05) is 0 Å². The maximum absolute atomic E-state index is 12.8.